The molecule has 2 N–H and O–H groups in total. The molecular weight excluding hydrogens is 238 g/mol. The lowest BCUT2D eigenvalue weighted by molar-refractivity contribution is -0.385. The van der Waals surface area contributed by atoms with Crippen molar-refractivity contribution in [3.05, 3.63) is 16.4 Å². The summed E-state index contributed by atoms with van der Waals surface area (Å²) in [4.78, 5) is 20.1. The largest absolute Gasteiger partial charge is 0.476 e. The normalized spacial score (nSPS) is 23.2. The number of nitrogens with zero attached hydrogens (tertiary/aromatic N) is 4. The van der Waals surface area contributed by atoms with Crippen LogP contribution in [0.1, 0.15) is 6.92 Å². The highest BCUT2D eigenvalue weighted by Gasteiger charge is 2.34. The Labute approximate surface area is 104 Å². The van der Waals surface area contributed by atoms with E-state index in [2.05, 4.69) is 9.97 Å². The van der Waals surface area contributed by atoms with E-state index in [0.717, 1.165) is 0 Å². The first-order valence-corrected chi connectivity index (χ1v) is 5.58. The second-order valence-corrected chi connectivity index (χ2v) is 4.36. The fourth-order valence-electron chi connectivity index (χ4n) is 2.06. The second kappa shape index (κ2) is 4.73. The summed E-state index contributed by atoms with van der Waals surface area (Å²) in [6.07, 6.45) is 1.26. The third kappa shape index (κ3) is 2.06. The van der Waals surface area contributed by atoms with Crippen molar-refractivity contribution in [3.8, 4) is 5.88 Å². The van der Waals surface area contributed by atoms with Crippen molar-refractivity contribution in [1.29, 1.82) is 0 Å². The van der Waals surface area contributed by atoms with Gasteiger partial charge in [0.05, 0.1) is 12.0 Å². The summed E-state index contributed by atoms with van der Waals surface area (Å²) >= 11 is 0. The van der Waals surface area contributed by atoms with Gasteiger partial charge in [-0.05, 0) is 5.92 Å². The van der Waals surface area contributed by atoms with Crippen molar-refractivity contribution in [3.63, 3.8) is 0 Å². The number of anilines is 1. The molecule has 0 radical (unpaired) electrons. The minimum absolute atomic E-state index is 0.00874. The van der Waals surface area contributed by atoms with Gasteiger partial charge in [0.2, 0.25) is 5.82 Å². The third-order valence-electron chi connectivity index (χ3n) is 3.12. The van der Waals surface area contributed by atoms with E-state index in [4.69, 9.17) is 10.5 Å². The zero-order chi connectivity index (χ0) is 13.3. The topological polar surface area (TPSA) is 107 Å². The number of methoxy groups -OCH3 is 1. The van der Waals surface area contributed by atoms with Crippen LogP contribution in [0.25, 0.3) is 0 Å². The molecule has 1 fully saturated rings. The average molecular weight is 253 g/mol. The van der Waals surface area contributed by atoms with Crippen molar-refractivity contribution in [2.75, 3.05) is 25.1 Å². The molecule has 2 atom stereocenters. The number of nitrogens with two attached hydrogens (primary N) is 1. The zero-order valence-electron chi connectivity index (χ0n) is 10.2. The molecule has 1 aromatic rings. The highest BCUT2D eigenvalue weighted by Crippen LogP contribution is 2.35. The lowest BCUT2D eigenvalue weighted by Crippen LogP contribution is -2.29. The van der Waals surface area contributed by atoms with E-state index in [1.165, 1.54) is 13.4 Å². The smallest absolute Gasteiger partial charge is 0.372 e. The molecule has 2 rings (SSSR count). The molecule has 1 aliphatic heterocycles. The first-order valence-electron chi connectivity index (χ1n) is 5.58. The van der Waals surface area contributed by atoms with Gasteiger partial charge in [-0.3, -0.25) is 10.1 Å². The van der Waals surface area contributed by atoms with Crippen LogP contribution >= 0.6 is 0 Å². The maximum absolute atomic E-state index is 11.1. The van der Waals surface area contributed by atoms with Gasteiger partial charge in [-0.1, -0.05) is 6.92 Å². The summed E-state index contributed by atoms with van der Waals surface area (Å²) in [6, 6.07) is -0.00874. The molecule has 1 aliphatic rings. The van der Waals surface area contributed by atoms with Crippen molar-refractivity contribution in [2.45, 2.75) is 13.0 Å². The molecule has 0 aliphatic carbocycles. The minimum atomic E-state index is -0.525. The van der Waals surface area contributed by atoms with Crippen molar-refractivity contribution in [2.24, 2.45) is 11.7 Å². The van der Waals surface area contributed by atoms with Crippen LogP contribution in [-0.2, 0) is 0 Å². The number of hydrogen-bond acceptors (Lipinski definition) is 7. The molecule has 18 heavy (non-hydrogen) atoms. The monoisotopic (exact) mass is 253 g/mol. The molecular formula is C10H15N5O3. The predicted octanol–water partition coefficient (Wildman–Crippen LogP) is 0.177. The third-order valence-corrected chi connectivity index (χ3v) is 3.12. The summed E-state index contributed by atoms with van der Waals surface area (Å²) < 4.78 is 4.91. The van der Waals surface area contributed by atoms with Crippen LogP contribution in [0.2, 0.25) is 0 Å². The number of nitro groups is 1. The summed E-state index contributed by atoms with van der Waals surface area (Å²) in [5, 5.41) is 11.1. The molecule has 8 heteroatoms. The molecule has 1 saturated heterocycles. The van der Waals surface area contributed by atoms with E-state index >= 15 is 0 Å². The van der Waals surface area contributed by atoms with Gasteiger partial charge in [-0.15, -0.1) is 0 Å². The molecule has 0 saturated carbocycles. The quantitative estimate of drug-likeness (QED) is 0.604. The predicted molar refractivity (Wildman–Crippen MR) is 64.6 cm³/mol. The van der Waals surface area contributed by atoms with Gasteiger partial charge in [-0.25, -0.2) is 4.98 Å². The SMILES string of the molecule is COc1ncnc(N2CC(C)C(N)C2)c1[N+](=O)[O-]. The molecule has 0 aromatic carbocycles. The highest BCUT2D eigenvalue weighted by molar-refractivity contribution is 5.63. The zero-order valence-corrected chi connectivity index (χ0v) is 10.2. The first-order chi connectivity index (χ1) is 8.54. The molecule has 1 aromatic heterocycles. The van der Waals surface area contributed by atoms with Crippen LogP contribution in [0, 0.1) is 16.0 Å². The van der Waals surface area contributed by atoms with E-state index in [1.807, 2.05) is 6.92 Å². The fourth-order valence-corrected chi connectivity index (χ4v) is 2.06. The first kappa shape index (κ1) is 12.5. The fraction of sp³-hybridized carbons (Fsp3) is 0.600. The molecule has 0 bridgehead atoms. The van der Waals surface area contributed by atoms with Crippen LogP contribution in [0.4, 0.5) is 11.5 Å². The summed E-state index contributed by atoms with van der Waals surface area (Å²) in [5.74, 6) is 0.510. The van der Waals surface area contributed by atoms with Crippen molar-refractivity contribution < 1.29 is 9.66 Å². The number of rotatable bonds is 3. The lowest BCUT2D eigenvalue weighted by atomic mass is 10.1. The Kier molecular flexibility index (Phi) is 3.28. The lowest BCUT2D eigenvalue weighted by Gasteiger charge is -2.16. The summed E-state index contributed by atoms with van der Waals surface area (Å²) in [5.41, 5.74) is 5.71. The number of ether oxygens (including phenoxy) is 1. The second-order valence-electron chi connectivity index (χ2n) is 4.36. The van der Waals surface area contributed by atoms with Crippen LogP contribution in [0.5, 0.6) is 5.88 Å². The Morgan fingerprint density at radius 1 is 1.56 bits per heavy atom. The van der Waals surface area contributed by atoms with E-state index < -0.39 is 4.92 Å². The van der Waals surface area contributed by atoms with Gasteiger partial charge in [0.1, 0.15) is 6.33 Å². The Morgan fingerprint density at radius 3 is 2.78 bits per heavy atom. The van der Waals surface area contributed by atoms with Gasteiger partial charge in [0.25, 0.3) is 5.88 Å². The molecule has 2 heterocycles. The molecule has 8 nitrogen and oxygen atoms in total. The van der Waals surface area contributed by atoms with Gasteiger partial charge in [0.15, 0.2) is 0 Å². The Hall–Kier alpha value is -1.96. The summed E-state index contributed by atoms with van der Waals surface area (Å²) in [6.45, 7) is 3.19. The maximum Gasteiger partial charge on any atom is 0.372 e. The van der Waals surface area contributed by atoms with Crippen LogP contribution in [-0.4, -0.2) is 41.1 Å². The highest BCUT2D eigenvalue weighted by atomic mass is 16.6. The van der Waals surface area contributed by atoms with Crippen LogP contribution in [0.3, 0.4) is 0 Å². The Morgan fingerprint density at radius 2 is 2.28 bits per heavy atom. The molecule has 0 spiro atoms. The van der Waals surface area contributed by atoms with E-state index in [1.54, 1.807) is 4.90 Å². The Balaban J connectivity index is 2.42. The van der Waals surface area contributed by atoms with Crippen molar-refractivity contribution in [1.82, 2.24) is 9.97 Å². The molecule has 98 valence electrons. The standard InChI is InChI=1S/C10H15N5O3/c1-6-3-14(4-7(6)11)9-8(15(16)17)10(18-2)13-5-12-9/h5-7H,3-4,11H2,1-2H3. The maximum atomic E-state index is 11.1. The molecule has 2 unspecified atom stereocenters. The van der Waals surface area contributed by atoms with Crippen molar-refractivity contribution >= 4 is 11.5 Å². The summed E-state index contributed by atoms with van der Waals surface area (Å²) in [7, 11) is 1.34. The average Bonchev–Trinajstić information content (AvgIpc) is 2.68. The van der Waals surface area contributed by atoms with Gasteiger partial charge in [-0.2, -0.15) is 4.98 Å². The number of hydrogen-bond donors (Lipinski definition) is 1. The van der Waals surface area contributed by atoms with Crippen LogP contribution < -0.4 is 15.4 Å². The minimum Gasteiger partial charge on any atom is -0.476 e. The van der Waals surface area contributed by atoms with Crippen LogP contribution in [0.15, 0.2) is 6.33 Å². The van der Waals surface area contributed by atoms with Gasteiger partial charge < -0.3 is 15.4 Å². The van der Waals surface area contributed by atoms with E-state index in [9.17, 15) is 10.1 Å². The van der Waals surface area contributed by atoms with E-state index in [0.29, 0.717) is 13.1 Å². The molecule has 0 amide bonds. The van der Waals surface area contributed by atoms with Gasteiger partial charge >= 0.3 is 5.69 Å². The van der Waals surface area contributed by atoms with Gasteiger partial charge in [0, 0.05) is 19.1 Å². The van der Waals surface area contributed by atoms with E-state index in [-0.39, 0.29) is 29.3 Å². The Bertz CT molecular complexity index is 457. The number of aromatic nitrogens is 2.